The molecule has 5 rings (SSSR count). The number of fused-ring (bicyclic) bond motifs is 1. The minimum Gasteiger partial charge on any atom is -0.493 e. The van der Waals surface area contributed by atoms with Crippen LogP contribution in [0, 0.1) is 13.8 Å². The molecule has 1 saturated carbocycles. The van der Waals surface area contributed by atoms with Crippen molar-refractivity contribution in [3.63, 3.8) is 0 Å². The number of hydrogen-bond donors (Lipinski definition) is 0. The lowest BCUT2D eigenvalue weighted by Crippen LogP contribution is -2.36. The zero-order valence-corrected chi connectivity index (χ0v) is 18.2. The van der Waals surface area contributed by atoms with E-state index in [-0.39, 0.29) is 0 Å². The molecule has 0 N–H and O–H groups in total. The highest BCUT2D eigenvalue weighted by Crippen LogP contribution is 2.34. The van der Waals surface area contributed by atoms with Gasteiger partial charge >= 0.3 is 0 Å². The van der Waals surface area contributed by atoms with E-state index in [9.17, 15) is 0 Å². The van der Waals surface area contributed by atoms with Gasteiger partial charge in [-0.15, -0.1) is 0 Å². The average molecular weight is 398 g/mol. The third-order valence-electron chi connectivity index (χ3n) is 6.83. The highest BCUT2D eigenvalue weighted by molar-refractivity contribution is 5.71. The number of nitrogens with zero attached hydrogens (tertiary/aromatic N) is 1. The van der Waals surface area contributed by atoms with Crippen LogP contribution in [-0.4, -0.2) is 17.5 Å². The van der Waals surface area contributed by atoms with Crippen molar-refractivity contribution in [3.8, 4) is 16.9 Å². The molecular weight excluding hydrogens is 366 g/mol. The van der Waals surface area contributed by atoms with Crippen molar-refractivity contribution in [2.24, 2.45) is 0 Å². The molecule has 2 aliphatic rings. The molecule has 2 nitrogen and oxygen atoms in total. The van der Waals surface area contributed by atoms with Crippen LogP contribution < -0.4 is 4.74 Å². The zero-order valence-electron chi connectivity index (χ0n) is 18.2. The minimum absolute atomic E-state index is 0.717. The highest BCUT2D eigenvalue weighted by Gasteiger charge is 2.29. The SMILES string of the molecule is Cc1cc(CCOc2ccc3c(c2)CN(C2CCC2)C3)cc(C)c1-c1ccccc1. The topological polar surface area (TPSA) is 12.5 Å². The number of ether oxygens (including phenoxy) is 1. The summed E-state index contributed by atoms with van der Waals surface area (Å²) in [4.78, 5) is 2.64. The van der Waals surface area contributed by atoms with E-state index in [0.29, 0.717) is 6.61 Å². The van der Waals surface area contributed by atoms with Gasteiger partial charge in [-0.2, -0.15) is 0 Å². The Bertz CT molecular complexity index is 1010. The summed E-state index contributed by atoms with van der Waals surface area (Å²) in [6.45, 7) is 7.36. The van der Waals surface area contributed by atoms with Crippen LogP contribution in [0.25, 0.3) is 11.1 Å². The molecule has 0 radical (unpaired) electrons. The summed E-state index contributed by atoms with van der Waals surface area (Å²) < 4.78 is 6.15. The van der Waals surface area contributed by atoms with Crippen molar-refractivity contribution >= 4 is 0 Å². The Morgan fingerprint density at radius 2 is 1.60 bits per heavy atom. The average Bonchev–Trinajstić information content (AvgIpc) is 3.09. The zero-order chi connectivity index (χ0) is 20.5. The molecule has 1 fully saturated rings. The fourth-order valence-electron chi connectivity index (χ4n) is 5.04. The van der Waals surface area contributed by atoms with Crippen LogP contribution in [-0.2, 0) is 19.5 Å². The van der Waals surface area contributed by atoms with Gasteiger partial charge in [0.2, 0.25) is 0 Å². The van der Waals surface area contributed by atoms with Crippen molar-refractivity contribution in [2.45, 2.75) is 58.7 Å². The van der Waals surface area contributed by atoms with Crippen molar-refractivity contribution in [1.82, 2.24) is 4.90 Å². The van der Waals surface area contributed by atoms with Gasteiger partial charge < -0.3 is 4.74 Å². The van der Waals surface area contributed by atoms with Crippen molar-refractivity contribution < 1.29 is 4.74 Å². The van der Waals surface area contributed by atoms with Crippen LogP contribution in [0.5, 0.6) is 5.75 Å². The van der Waals surface area contributed by atoms with Crippen molar-refractivity contribution in [1.29, 1.82) is 0 Å². The first-order valence-electron chi connectivity index (χ1n) is 11.3. The molecule has 0 aromatic heterocycles. The number of aryl methyl sites for hydroxylation is 2. The molecule has 1 heterocycles. The second-order valence-electron chi connectivity index (χ2n) is 8.99. The molecular formula is C28H31NO. The van der Waals surface area contributed by atoms with E-state index in [4.69, 9.17) is 4.74 Å². The van der Waals surface area contributed by atoms with E-state index < -0.39 is 0 Å². The second kappa shape index (κ2) is 8.28. The monoisotopic (exact) mass is 397 g/mol. The van der Waals surface area contributed by atoms with Gasteiger partial charge in [0.25, 0.3) is 0 Å². The maximum atomic E-state index is 6.15. The molecule has 0 unspecified atom stereocenters. The van der Waals surface area contributed by atoms with Gasteiger partial charge in [0.15, 0.2) is 0 Å². The summed E-state index contributed by atoms with van der Waals surface area (Å²) in [7, 11) is 0. The van der Waals surface area contributed by atoms with Crippen LogP contribution in [0.15, 0.2) is 60.7 Å². The van der Waals surface area contributed by atoms with E-state index >= 15 is 0 Å². The minimum atomic E-state index is 0.717. The Kier molecular flexibility index (Phi) is 5.35. The van der Waals surface area contributed by atoms with Gasteiger partial charge in [0, 0.05) is 25.6 Å². The second-order valence-corrected chi connectivity index (χ2v) is 8.99. The normalized spacial score (nSPS) is 16.3. The molecule has 154 valence electrons. The fraction of sp³-hybridized carbons (Fsp3) is 0.357. The first kappa shape index (κ1) is 19.4. The molecule has 0 spiro atoms. The van der Waals surface area contributed by atoms with Crippen LogP contribution in [0.2, 0.25) is 0 Å². The summed E-state index contributed by atoms with van der Waals surface area (Å²) in [5.41, 5.74) is 9.62. The highest BCUT2D eigenvalue weighted by atomic mass is 16.5. The lowest BCUT2D eigenvalue weighted by atomic mass is 9.92. The first-order valence-corrected chi connectivity index (χ1v) is 11.3. The van der Waals surface area contributed by atoms with Crippen LogP contribution in [0.4, 0.5) is 0 Å². The fourth-order valence-corrected chi connectivity index (χ4v) is 5.04. The van der Waals surface area contributed by atoms with Crippen LogP contribution >= 0.6 is 0 Å². The molecule has 3 aromatic carbocycles. The molecule has 30 heavy (non-hydrogen) atoms. The van der Waals surface area contributed by atoms with Gasteiger partial charge in [-0.1, -0.05) is 55.0 Å². The molecule has 0 atom stereocenters. The summed E-state index contributed by atoms with van der Waals surface area (Å²) in [5.74, 6) is 1.01. The van der Waals surface area contributed by atoms with Gasteiger partial charge in [-0.3, -0.25) is 4.90 Å². The summed E-state index contributed by atoms with van der Waals surface area (Å²) in [6.07, 6.45) is 5.08. The summed E-state index contributed by atoms with van der Waals surface area (Å²) in [6, 6.07) is 22.8. The van der Waals surface area contributed by atoms with Gasteiger partial charge in [0.05, 0.1) is 6.61 Å². The van der Waals surface area contributed by atoms with Crippen molar-refractivity contribution in [2.75, 3.05) is 6.61 Å². The van der Waals surface area contributed by atoms with Crippen molar-refractivity contribution in [3.05, 3.63) is 88.5 Å². The maximum Gasteiger partial charge on any atom is 0.119 e. The van der Waals surface area contributed by atoms with Crippen LogP contribution in [0.3, 0.4) is 0 Å². The smallest absolute Gasteiger partial charge is 0.119 e. The Morgan fingerprint density at radius 1 is 0.867 bits per heavy atom. The van der Waals surface area contributed by atoms with E-state index in [1.54, 1.807) is 0 Å². The molecule has 1 aliphatic carbocycles. The standard InChI is InChI=1S/C28H31NO/c1-20-15-22(16-21(2)28(20)23-7-4-3-5-8-23)13-14-30-27-12-11-24-18-29(19-25(24)17-27)26-9-6-10-26/h3-5,7-8,11-12,15-17,26H,6,9-10,13-14,18-19H2,1-2H3. The third-order valence-corrected chi connectivity index (χ3v) is 6.83. The van der Waals surface area contributed by atoms with Crippen LogP contribution in [0.1, 0.15) is 47.1 Å². The lowest BCUT2D eigenvalue weighted by Gasteiger charge is -2.34. The van der Waals surface area contributed by atoms with E-state index in [0.717, 1.165) is 31.3 Å². The van der Waals surface area contributed by atoms with Gasteiger partial charge in [0.1, 0.15) is 5.75 Å². The Labute approximate surface area is 180 Å². The van der Waals surface area contributed by atoms with E-state index in [1.165, 1.54) is 58.2 Å². The predicted molar refractivity (Wildman–Crippen MR) is 124 cm³/mol. The molecule has 1 aliphatic heterocycles. The van der Waals surface area contributed by atoms with E-state index in [2.05, 4.69) is 79.4 Å². The number of rotatable bonds is 6. The van der Waals surface area contributed by atoms with Gasteiger partial charge in [-0.25, -0.2) is 0 Å². The Morgan fingerprint density at radius 3 is 2.30 bits per heavy atom. The lowest BCUT2D eigenvalue weighted by molar-refractivity contribution is 0.126. The molecule has 0 amide bonds. The number of benzene rings is 3. The van der Waals surface area contributed by atoms with E-state index in [1.807, 2.05) is 0 Å². The molecule has 0 bridgehead atoms. The third kappa shape index (κ3) is 3.89. The summed E-state index contributed by atoms with van der Waals surface area (Å²) >= 11 is 0. The molecule has 2 heteroatoms. The maximum absolute atomic E-state index is 6.15. The summed E-state index contributed by atoms with van der Waals surface area (Å²) in [5, 5.41) is 0. The Balaban J connectivity index is 1.22. The molecule has 3 aromatic rings. The number of hydrogen-bond acceptors (Lipinski definition) is 2. The molecule has 0 saturated heterocycles. The first-order chi connectivity index (χ1) is 14.7. The quantitative estimate of drug-likeness (QED) is 0.473. The largest absolute Gasteiger partial charge is 0.493 e. The Hall–Kier alpha value is -2.58. The van der Waals surface area contributed by atoms with Gasteiger partial charge in [-0.05, 0) is 77.8 Å². The predicted octanol–water partition coefficient (Wildman–Crippen LogP) is 6.46.